The van der Waals surface area contributed by atoms with Crippen LogP contribution < -0.4 is 16.8 Å². The number of amides is 1. The lowest BCUT2D eigenvalue weighted by Crippen LogP contribution is -2.24. The van der Waals surface area contributed by atoms with Gasteiger partial charge in [-0.1, -0.05) is 24.9 Å². The van der Waals surface area contributed by atoms with Crippen molar-refractivity contribution in [3.05, 3.63) is 22.7 Å². The average molecular weight is 242 g/mol. The van der Waals surface area contributed by atoms with Crippen LogP contribution in [0.1, 0.15) is 30.1 Å². The molecular formula is C11H16ClN3O. The molecule has 0 atom stereocenters. The van der Waals surface area contributed by atoms with Crippen LogP contribution in [0.15, 0.2) is 12.1 Å². The quantitative estimate of drug-likeness (QED) is 0.557. The summed E-state index contributed by atoms with van der Waals surface area (Å²) in [5.41, 5.74) is 12.3. The van der Waals surface area contributed by atoms with Crippen LogP contribution in [0.3, 0.4) is 0 Å². The maximum absolute atomic E-state index is 11.7. The third-order valence-electron chi connectivity index (χ3n) is 2.23. The molecule has 1 aromatic rings. The zero-order valence-corrected chi connectivity index (χ0v) is 9.97. The summed E-state index contributed by atoms with van der Waals surface area (Å²) in [6, 6.07) is 2.99. The highest BCUT2D eigenvalue weighted by atomic mass is 35.5. The molecular weight excluding hydrogens is 226 g/mol. The van der Waals surface area contributed by atoms with E-state index < -0.39 is 0 Å². The number of anilines is 2. The Balaban J connectivity index is 2.79. The largest absolute Gasteiger partial charge is 0.397 e. The number of halogens is 1. The zero-order valence-electron chi connectivity index (χ0n) is 9.22. The number of nitrogens with two attached hydrogens (primary N) is 2. The predicted molar refractivity (Wildman–Crippen MR) is 67.5 cm³/mol. The lowest BCUT2D eigenvalue weighted by molar-refractivity contribution is 0.0953. The second-order valence-corrected chi connectivity index (χ2v) is 3.98. The maximum atomic E-state index is 11.7. The third-order valence-corrected chi connectivity index (χ3v) is 2.55. The van der Waals surface area contributed by atoms with Crippen molar-refractivity contribution in [3.63, 3.8) is 0 Å². The SMILES string of the molecule is CCCCNC(=O)c1cc(N)c(N)cc1Cl. The Kier molecular flexibility index (Phi) is 4.43. The second-order valence-electron chi connectivity index (χ2n) is 3.57. The molecule has 0 aliphatic rings. The van der Waals surface area contributed by atoms with E-state index in [1.165, 1.54) is 12.1 Å². The molecule has 0 heterocycles. The summed E-state index contributed by atoms with van der Waals surface area (Å²) in [5.74, 6) is -0.217. The maximum Gasteiger partial charge on any atom is 0.252 e. The fraction of sp³-hybridized carbons (Fsp3) is 0.364. The first-order chi connectivity index (χ1) is 7.56. The van der Waals surface area contributed by atoms with Gasteiger partial charge in [0.05, 0.1) is 22.0 Å². The lowest BCUT2D eigenvalue weighted by Gasteiger charge is -2.08. The van der Waals surface area contributed by atoms with Gasteiger partial charge in [-0.2, -0.15) is 0 Å². The van der Waals surface area contributed by atoms with E-state index in [0.717, 1.165) is 12.8 Å². The summed E-state index contributed by atoms with van der Waals surface area (Å²) in [6.07, 6.45) is 1.96. The van der Waals surface area contributed by atoms with Gasteiger partial charge in [0.1, 0.15) is 0 Å². The number of hydrogen-bond donors (Lipinski definition) is 3. The summed E-state index contributed by atoms with van der Waals surface area (Å²) in [5, 5.41) is 3.09. The van der Waals surface area contributed by atoms with Crippen molar-refractivity contribution in [2.75, 3.05) is 18.0 Å². The molecule has 0 aliphatic carbocycles. The van der Waals surface area contributed by atoms with Gasteiger partial charge in [0.2, 0.25) is 0 Å². The van der Waals surface area contributed by atoms with Gasteiger partial charge in [0.15, 0.2) is 0 Å². The fourth-order valence-corrected chi connectivity index (χ4v) is 1.51. The number of rotatable bonds is 4. The van der Waals surface area contributed by atoms with Crippen LogP contribution in [0.5, 0.6) is 0 Å². The van der Waals surface area contributed by atoms with E-state index in [2.05, 4.69) is 12.2 Å². The molecule has 0 bridgehead atoms. The number of nitrogens with one attached hydrogen (secondary N) is 1. The van der Waals surface area contributed by atoms with Crippen molar-refractivity contribution in [1.29, 1.82) is 0 Å². The van der Waals surface area contributed by atoms with E-state index in [9.17, 15) is 4.79 Å². The Bertz CT molecular complexity index is 393. The van der Waals surface area contributed by atoms with Crippen molar-refractivity contribution in [3.8, 4) is 0 Å². The highest BCUT2D eigenvalue weighted by Crippen LogP contribution is 2.24. The molecule has 0 aromatic heterocycles. The monoisotopic (exact) mass is 241 g/mol. The molecule has 0 spiro atoms. The molecule has 88 valence electrons. The van der Waals surface area contributed by atoms with E-state index in [1.54, 1.807) is 0 Å². The standard InChI is InChI=1S/C11H16ClN3O/c1-2-3-4-15-11(16)7-5-9(13)10(14)6-8(7)12/h5-6H,2-4,13-14H2,1H3,(H,15,16). The van der Waals surface area contributed by atoms with Gasteiger partial charge in [-0.25, -0.2) is 0 Å². The molecule has 4 nitrogen and oxygen atoms in total. The molecule has 1 amide bonds. The van der Waals surface area contributed by atoms with Gasteiger partial charge in [-0.3, -0.25) is 4.79 Å². The third kappa shape index (κ3) is 3.03. The first-order valence-corrected chi connectivity index (χ1v) is 5.56. The number of carbonyl (C=O) groups is 1. The Morgan fingerprint density at radius 3 is 2.62 bits per heavy atom. The van der Waals surface area contributed by atoms with Crippen molar-refractivity contribution < 1.29 is 4.79 Å². The highest BCUT2D eigenvalue weighted by Gasteiger charge is 2.11. The van der Waals surface area contributed by atoms with Gasteiger partial charge in [-0.05, 0) is 18.6 Å². The highest BCUT2D eigenvalue weighted by molar-refractivity contribution is 6.34. The van der Waals surface area contributed by atoms with Crippen LogP contribution in [0, 0.1) is 0 Å². The predicted octanol–water partition coefficient (Wildman–Crippen LogP) is 2.03. The minimum atomic E-state index is -0.217. The minimum absolute atomic E-state index is 0.217. The number of hydrogen-bond acceptors (Lipinski definition) is 3. The van der Waals surface area contributed by atoms with Crippen LogP contribution in [-0.4, -0.2) is 12.5 Å². The molecule has 0 radical (unpaired) electrons. The molecule has 0 saturated heterocycles. The molecule has 16 heavy (non-hydrogen) atoms. The summed E-state index contributed by atoms with van der Waals surface area (Å²) in [6.45, 7) is 2.69. The summed E-state index contributed by atoms with van der Waals surface area (Å²) >= 11 is 5.91. The van der Waals surface area contributed by atoms with Crippen molar-refractivity contribution in [2.45, 2.75) is 19.8 Å². The smallest absolute Gasteiger partial charge is 0.252 e. The molecule has 0 unspecified atom stereocenters. The van der Waals surface area contributed by atoms with Gasteiger partial charge < -0.3 is 16.8 Å². The van der Waals surface area contributed by atoms with Gasteiger partial charge in [0.25, 0.3) is 5.91 Å². The fourth-order valence-electron chi connectivity index (χ4n) is 1.25. The molecule has 0 fully saturated rings. The van der Waals surface area contributed by atoms with Crippen molar-refractivity contribution in [1.82, 2.24) is 5.32 Å². The Labute approximate surface area is 100.0 Å². The average Bonchev–Trinajstić information content (AvgIpc) is 2.23. The molecule has 1 aromatic carbocycles. The van der Waals surface area contributed by atoms with Crippen LogP contribution >= 0.6 is 11.6 Å². The normalized spacial score (nSPS) is 10.1. The number of nitrogen functional groups attached to an aromatic ring is 2. The van der Waals surface area contributed by atoms with E-state index in [1.807, 2.05) is 0 Å². The molecule has 0 saturated carbocycles. The number of unbranched alkanes of at least 4 members (excludes halogenated alkanes) is 1. The summed E-state index contributed by atoms with van der Waals surface area (Å²) in [4.78, 5) is 11.7. The number of carbonyl (C=O) groups excluding carboxylic acids is 1. The second kappa shape index (κ2) is 5.61. The minimum Gasteiger partial charge on any atom is -0.397 e. The van der Waals surface area contributed by atoms with E-state index in [0.29, 0.717) is 28.5 Å². The first-order valence-electron chi connectivity index (χ1n) is 5.19. The van der Waals surface area contributed by atoms with Crippen LogP contribution in [0.2, 0.25) is 5.02 Å². The van der Waals surface area contributed by atoms with Crippen LogP contribution in [-0.2, 0) is 0 Å². The van der Waals surface area contributed by atoms with Gasteiger partial charge in [-0.15, -0.1) is 0 Å². The van der Waals surface area contributed by atoms with Crippen molar-refractivity contribution >= 4 is 28.9 Å². The Hall–Kier alpha value is -1.42. The van der Waals surface area contributed by atoms with E-state index in [-0.39, 0.29) is 5.91 Å². The Morgan fingerprint density at radius 1 is 1.38 bits per heavy atom. The van der Waals surface area contributed by atoms with Gasteiger partial charge in [0, 0.05) is 6.54 Å². The molecule has 0 aliphatic heterocycles. The molecule has 5 N–H and O–H groups in total. The van der Waals surface area contributed by atoms with Crippen LogP contribution in [0.4, 0.5) is 11.4 Å². The van der Waals surface area contributed by atoms with Gasteiger partial charge >= 0.3 is 0 Å². The van der Waals surface area contributed by atoms with E-state index >= 15 is 0 Å². The summed E-state index contributed by atoms with van der Waals surface area (Å²) in [7, 11) is 0. The van der Waals surface area contributed by atoms with Crippen molar-refractivity contribution in [2.24, 2.45) is 0 Å². The molecule has 1 rings (SSSR count). The number of benzene rings is 1. The lowest BCUT2D eigenvalue weighted by atomic mass is 10.1. The summed E-state index contributed by atoms with van der Waals surface area (Å²) < 4.78 is 0. The zero-order chi connectivity index (χ0) is 12.1. The molecule has 5 heteroatoms. The van der Waals surface area contributed by atoms with Crippen LogP contribution in [0.25, 0.3) is 0 Å². The Morgan fingerprint density at radius 2 is 2.00 bits per heavy atom. The van der Waals surface area contributed by atoms with E-state index in [4.69, 9.17) is 23.1 Å². The topological polar surface area (TPSA) is 81.1 Å². The first kappa shape index (κ1) is 12.6.